The largest absolute Gasteiger partial charge is 0.494 e. The van der Waals surface area contributed by atoms with Crippen LogP contribution in [0.25, 0.3) is 5.69 Å². The molecule has 0 spiro atoms. The minimum atomic E-state index is -0.364. The second-order valence-electron chi connectivity index (χ2n) is 6.79. The fourth-order valence-electron chi connectivity index (χ4n) is 2.86. The van der Waals surface area contributed by atoms with Crippen LogP contribution in [0.4, 0.5) is 0 Å². The molecule has 0 amide bonds. The van der Waals surface area contributed by atoms with Crippen LogP contribution in [-0.2, 0) is 11.4 Å². The van der Waals surface area contributed by atoms with E-state index in [1.165, 1.54) is 18.7 Å². The highest BCUT2D eigenvalue weighted by Crippen LogP contribution is 2.26. The standard InChI is InChI=1S/C23H22BrN5O3S/c1-3-31-18-10-6-17(7-11-18)29-22(13-32-19-8-4-16(24)5-9-19)27-28-23(29)33-14-21(30)20(12-25)15(2)26/h4-11H,3,13-14,26H2,1-2H3/b20-15-. The lowest BCUT2D eigenvalue weighted by Crippen LogP contribution is -2.11. The summed E-state index contributed by atoms with van der Waals surface area (Å²) in [4.78, 5) is 12.4. The number of hydrogen-bond acceptors (Lipinski definition) is 8. The Bertz CT molecular complexity index is 1180. The number of ketones is 1. The molecule has 3 rings (SSSR count). The van der Waals surface area contributed by atoms with Gasteiger partial charge in [0.05, 0.1) is 12.4 Å². The van der Waals surface area contributed by atoms with Crippen molar-refractivity contribution in [3.05, 3.63) is 70.1 Å². The van der Waals surface area contributed by atoms with Crippen molar-refractivity contribution in [3.63, 3.8) is 0 Å². The van der Waals surface area contributed by atoms with E-state index in [0.29, 0.717) is 23.3 Å². The number of hydrogen-bond donors (Lipinski definition) is 1. The van der Waals surface area contributed by atoms with Crippen LogP contribution in [0.1, 0.15) is 19.7 Å². The zero-order valence-electron chi connectivity index (χ0n) is 18.1. The molecule has 0 saturated heterocycles. The van der Waals surface area contributed by atoms with Gasteiger partial charge in [-0.1, -0.05) is 27.7 Å². The second-order valence-corrected chi connectivity index (χ2v) is 8.64. The van der Waals surface area contributed by atoms with Crippen LogP contribution >= 0.6 is 27.7 Å². The first-order valence-electron chi connectivity index (χ1n) is 10.0. The van der Waals surface area contributed by atoms with Crippen molar-refractivity contribution in [2.75, 3.05) is 12.4 Å². The number of benzene rings is 2. The van der Waals surface area contributed by atoms with Gasteiger partial charge in [0.15, 0.2) is 16.8 Å². The Morgan fingerprint density at radius 3 is 2.36 bits per heavy atom. The third-order valence-electron chi connectivity index (χ3n) is 4.41. The molecule has 2 aromatic carbocycles. The fraction of sp³-hybridized carbons (Fsp3) is 0.217. The van der Waals surface area contributed by atoms with Crippen molar-refractivity contribution < 1.29 is 14.3 Å². The number of aromatic nitrogens is 3. The summed E-state index contributed by atoms with van der Waals surface area (Å²) in [6.45, 7) is 4.18. The Morgan fingerprint density at radius 1 is 1.12 bits per heavy atom. The van der Waals surface area contributed by atoms with Gasteiger partial charge in [0.25, 0.3) is 0 Å². The van der Waals surface area contributed by atoms with E-state index in [0.717, 1.165) is 15.9 Å². The third-order valence-corrected chi connectivity index (χ3v) is 5.86. The van der Waals surface area contributed by atoms with E-state index in [1.807, 2.05) is 66.1 Å². The molecule has 3 aromatic rings. The van der Waals surface area contributed by atoms with Gasteiger partial charge in [0.1, 0.15) is 29.7 Å². The maximum Gasteiger partial charge on any atom is 0.196 e. The number of nitrogens with zero attached hydrogens (tertiary/aromatic N) is 4. The molecule has 0 unspecified atom stereocenters. The highest BCUT2D eigenvalue weighted by molar-refractivity contribution is 9.10. The predicted molar refractivity (Wildman–Crippen MR) is 129 cm³/mol. The number of allylic oxidation sites excluding steroid dienone is 2. The summed E-state index contributed by atoms with van der Waals surface area (Å²) in [6, 6.07) is 16.8. The summed E-state index contributed by atoms with van der Waals surface area (Å²) in [5.41, 5.74) is 6.58. The minimum Gasteiger partial charge on any atom is -0.494 e. The number of nitrogens with two attached hydrogens (primary N) is 1. The lowest BCUT2D eigenvalue weighted by Gasteiger charge is -2.12. The molecule has 0 atom stereocenters. The molecule has 0 bridgehead atoms. The number of thioether (sulfide) groups is 1. The van der Waals surface area contributed by atoms with Gasteiger partial charge in [-0.3, -0.25) is 9.36 Å². The van der Waals surface area contributed by atoms with Crippen molar-refractivity contribution in [2.45, 2.75) is 25.6 Å². The summed E-state index contributed by atoms with van der Waals surface area (Å²) in [7, 11) is 0. The minimum absolute atomic E-state index is 0.000164. The molecule has 33 heavy (non-hydrogen) atoms. The van der Waals surface area contributed by atoms with Gasteiger partial charge in [-0.15, -0.1) is 10.2 Å². The van der Waals surface area contributed by atoms with E-state index in [4.69, 9.17) is 15.2 Å². The van der Waals surface area contributed by atoms with E-state index in [1.54, 1.807) is 0 Å². The van der Waals surface area contributed by atoms with Crippen molar-refractivity contribution in [1.82, 2.24) is 14.8 Å². The van der Waals surface area contributed by atoms with Crippen LogP contribution in [0.5, 0.6) is 11.5 Å². The highest BCUT2D eigenvalue weighted by atomic mass is 79.9. The Kier molecular flexibility index (Phi) is 8.52. The molecule has 0 aliphatic heterocycles. The average molecular weight is 528 g/mol. The van der Waals surface area contributed by atoms with Crippen molar-refractivity contribution >= 4 is 33.5 Å². The molecular formula is C23H22BrN5O3S. The van der Waals surface area contributed by atoms with Gasteiger partial charge >= 0.3 is 0 Å². The van der Waals surface area contributed by atoms with Gasteiger partial charge < -0.3 is 15.2 Å². The molecule has 0 fully saturated rings. The number of nitriles is 1. The smallest absolute Gasteiger partial charge is 0.196 e. The maximum absolute atomic E-state index is 12.4. The molecule has 8 nitrogen and oxygen atoms in total. The van der Waals surface area contributed by atoms with Crippen LogP contribution in [0, 0.1) is 11.3 Å². The highest BCUT2D eigenvalue weighted by Gasteiger charge is 2.19. The van der Waals surface area contributed by atoms with Crippen LogP contribution in [-0.4, -0.2) is 32.9 Å². The van der Waals surface area contributed by atoms with Gasteiger partial charge in [0, 0.05) is 15.9 Å². The lowest BCUT2D eigenvalue weighted by atomic mass is 10.2. The SMILES string of the molecule is CCOc1ccc(-n2c(COc3ccc(Br)cc3)nnc2SCC(=O)/C(C#N)=C(/C)N)cc1. The van der Waals surface area contributed by atoms with E-state index in [9.17, 15) is 10.1 Å². The number of rotatable bonds is 10. The molecule has 1 aromatic heterocycles. The third kappa shape index (κ3) is 6.37. The first-order chi connectivity index (χ1) is 15.9. The molecule has 10 heteroatoms. The van der Waals surface area contributed by atoms with Crippen molar-refractivity contribution in [3.8, 4) is 23.3 Å². The number of halogens is 1. The molecule has 0 radical (unpaired) electrons. The predicted octanol–water partition coefficient (Wildman–Crippen LogP) is 4.42. The zero-order valence-corrected chi connectivity index (χ0v) is 20.5. The van der Waals surface area contributed by atoms with E-state index in [-0.39, 0.29) is 29.4 Å². The van der Waals surface area contributed by atoms with Gasteiger partial charge in [-0.25, -0.2) is 0 Å². The number of Topliss-reactive ketones (excluding diaryl/α,β-unsaturated/α-hetero) is 1. The number of carbonyl (C=O) groups is 1. The summed E-state index contributed by atoms with van der Waals surface area (Å²) in [5, 5.41) is 18.2. The van der Waals surface area contributed by atoms with E-state index < -0.39 is 0 Å². The van der Waals surface area contributed by atoms with Gasteiger partial charge in [-0.2, -0.15) is 5.26 Å². The fourth-order valence-corrected chi connectivity index (χ4v) is 3.96. The monoisotopic (exact) mass is 527 g/mol. The average Bonchev–Trinajstić information content (AvgIpc) is 3.21. The lowest BCUT2D eigenvalue weighted by molar-refractivity contribution is -0.112. The van der Waals surface area contributed by atoms with Crippen LogP contribution in [0.15, 0.2) is 69.4 Å². The summed E-state index contributed by atoms with van der Waals surface area (Å²) >= 11 is 4.58. The maximum atomic E-state index is 12.4. The Balaban J connectivity index is 1.87. The Hall–Kier alpha value is -3.29. The van der Waals surface area contributed by atoms with Crippen LogP contribution < -0.4 is 15.2 Å². The molecule has 0 saturated carbocycles. The molecule has 2 N–H and O–H groups in total. The molecule has 0 aliphatic rings. The first kappa shape index (κ1) is 24.4. The van der Waals surface area contributed by atoms with Crippen molar-refractivity contribution in [2.24, 2.45) is 5.73 Å². The number of ether oxygens (including phenoxy) is 2. The second kappa shape index (κ2) is 11.5. The molecule has 170 valence electrons. The first-order valence-corrected chi connectivity index (χ1v) is 11.8. The topological polar surface area (TPSA) is 116 Å². The molecule has 1 heterocycles. The van der Waals surface area contributed by atoms with E-state index in [2.05, 4.69) is 26.1 Å². The zero-order chi connectivity index (χ0) is 23.8. The van der Waals surface area contributed by atoms with Crippen LogP contribution in [0.3, 0.4) is 0 Å². The molecular weight excluding hydrogens is 506 g/mol. The summed E-state index contributed by atoms with van der Waals surface area (Å²) in [5.74, 6) is 1.62. The van der Waals surface area contributed by atoms with E-state index >= 15 is 0 Å². The summed E-state index contributed by atoms with van der Waals surface area (Å²) < 4.78 is 14.2. The van der Waals surface area contributed by atoms with Crippen molar-refractivity contribution in [1.29, 1.82) is 5.26 Å². The van der Waals surface area contributed by atoms with Gasteiger partial charge in [0.2, 0.25) is 0 Å². The van der Waals surface area contributed by atoms with Gasteiger partial charge in [-0.05, 0) is 62.4 Å². The molecule has 0 aliphatic carbocycles. The Labute approximate surface area is 204 Å². The quantitative estimate of drug-likeness (QED) is 0.234. The number of carbonyl (C=O) groups excluding carboxylic acids is 1. The Morgan fingerprint density at radius 2 is 1.76 bits per heavy atom. The van der Waals surface area contributed by atoms with Crippen LogP contribution in [0.2, 0.25) is 0 Å². The summed E-state index contributed by atoms with van der Waals surface area (Å²) in [6.07, 6.45) is 0. The normalized spacial score (nSPS) is 11.5.